The number of halogens is 1. The minimum absolute atomic E-state index is 0.331. The van der Waals surface area contributed by atoms with E-state index in [1.165, 1.54) is 0 Å². The van der Waals surface area contributed by atoms with Crippen molar-refractivity contribution in [3.63, 3.8) is 0 Å². The summed E-state index contributed by atoms with van der Waals surface area (Å²) in [5.41, 5.74) is 2.85. The van der Waals surface area contributed by atoms with Crippen molar-refractivity contribution in [1.82, 2.24) is 14.4 Å². The molecule has 3 nitrogen and oxygen atoms in total. The van der Waals surface area contributed by atoms with Gasteiger partial charge in [0.15, 0.2) is 5.65 Å². The molecule has 2 aromatic rings. The molecule has 2 aromatic heterocycles. The molecule has 0 aromatic carbocycles. The molecule has 0 N–H and O–H groups in total. The summed E-state index contributed by atoms with van der Waals surface area (Å²) in [6.07, 6.45) is 0. The zero-order valence-corrected chi connectivity index (χ0v) is 11.7. The number of rotatable bonds is 2. The molecule has 0 bridgehead atoms. The second-order valence-corrected chi connectivity index (χ2v) is 5.43. The van der Waals surface area contributed by atoms with Crippen LogP contribution >= 0.6 is 11.6 Å². The Kier molecular flexibility index (Phi) is 3.13. The molecule has 2 heterocycles. The number of imidazole rings is 1. The molecule has 0 saturated carbocycles. The Morgan fingerprint density at radius 2 is 1.76 bits per heavy atom. The highest BCUT2D eigenvalue weighted by Crippen LogP contribution is 2.27. The molecule has 0 unspecified atom stereocenters. The first-order chi connectivity index (χ1) is 7.91. The van der Waals surface area contributed by atoms with Crippen LogP contribution in [0.5, 0.6) is 0 Å². The average molecular weight is 252 g/mol. The maximum Gasteiger partial charge on any atom is 0.161 e. The van der Waals surface area contributed by atoms with Crippen LogP contribution in [0.25, 0.3) is 5.65 Å². The third-order valence-corrected chi connectivity index (χ3v) is 3.07. The Morgan fingerprint density at radius 3 is 2.29 bits per heavy atom. The van der Waals surface area contributed by atoms with Gasteiger partial charge in [-0.2, -0.15) is 0 Å². The molecular formula is C13H18ClN3. The highest BCUT2D eigenvalue weighted by atomic mass is 35.5. The van der Waals surface area contributed by atoms with Crippen LogP contribution in [0.3, 0.4) is 0 Å². The topological polar surface area (TPSA) is 30.2 Å². The third kappa shape index (κ3) is 2.04. The van der Waals surface area contributed by atoms with Crippen LogP contribution in [-0.4, -0.2) is 14.4 Å². The van der Waals surface area contributed by atoms with E-state index in [0.29, 0.717) is 17.0 Å². The molecule has 0 aliphatic carbocycles. The van der Waals surface area contributed by atoms with E-state index in [-0.39, 0.29) is 0 Å². The lowest BCUT2D eigenvalue weighted by Gasteiger charge is -2.06. The van der Waals surface area contributed by atoms with E-state index in [4.69, 9.17) is 16.6 Å². The fourth-order valence-corrected chi connectivity index (χ4v) is 2.30. The maximum absolute atomic E-state index is 6.31. The summed E-state index contributed by atoms with van der Waals surface area (Å²) in [5, 5.41) is 0.690. The molecule has 92 valence electrons. The standard InChI is InChI=1S/C13H18ClN3/c1-7(2)11-13-15-9(5)6-10(14)17(13)12(16-11)8(3)4/h6-8H,1-5H3. The lowest BCUT2D eigenvalue weighted by atomic mass is 10.1. The first kappa shape index (κ1) is 12.4. The van der Waals surface area contributed by atoms with Gasteiger partial charge in [0.05, 0.1) is 5.69 Å². The smallest absolute Gasteiger partial charge is 0.161 e. The number of hydrogen-bond acceptors (Lipinski definition) is 2. The number of nitrogens with zero attached hydrogens (tertiary/aromatic N) is 3. The molecule has 17 heavy (non-hydrogen) atoms. The highest BCUT2D eigenvalue weighted by Gasteiger charge is 2.19. The van der Waals surface area contributed by atoms with E-state index >= 15 is 0 Å². The summed E-state index contributed by atoms with van der Waals surface area (Å²) in [5.74, 6) is 1.67. The van der Waals surface area contributed by atoms with Crippen LogP contribution in [0.1, 0.15) is 56.7 Å². The Morgan fingerprint density at radius 1 is 1.12 bits per heavy atom. The van der Waals surface area contributed by atoms with Crippen molar-refractivity contribution in [1.29, 1.82) is 0 Å². The highest BCUT2D eigenvalue weighted by molar-refractivity contribution is 6.29. The van der Waals surface area contributed by atoms with Crippen molar-refractivity contribution < 1.29 is 0 Å². The number of fused-ring (bicyclic) bond motifs is 1. The van der Waals surface area contributed by atoms with Gasteiger partial charge in [-0.25, -0.2) is 9.97 Å². The fraction of sp³-hybridized carbons (Fsp3) is 0.538. The van der Waals surface area contributed by atoms with Crippen molar-refractivity contribution in [2.24, 2.45) is 0 Å². The second-order valence-electron chi connectivity index (χ2n) is 5.04. The third-order valence-electron chi connectivity index (χ3n) is 2.79. The molecule has 0 saturated heterocycles. The minimum Gasteiger partial charge on any atom is -0.270 e. The molecule has 0 amide bonds. The first-order valence-corrected chi connectivity index (χ1v) is 6.35. The number of aromatic nitrogens is 3. The Balaban J connectivity index is 2.86. The quantitative estimate of drug-likeness (QED) is 0.757. The number of hydrogen-bond donors (Lipinski definition) is 0. The molecule has 0 aliphatic rings. The lowest BCUT2D eigenvalue weighted by Crippen LogP contribution is -2.00. The van der Waals surface area contributed by atoms with Crippen LogP contribution in [0.15, 0.2) is 6.07 Å². The maximum atomic E-state index is 6.31. The Bertz CT molecular complexity index is 555. The summed E-state index contributed by atoms with van der Waals surface area (Å²) >= 11 is 6.31. The normalized spacial score (nSPS) is 12.0. The van der Waals surface area contributed by atoms with Gasteiger partial charge < -0.3 is 0 Å². The summed E-state index contributed by atoms with van der Waals surface area (Å²) in [4.78, 5) is 9.28. The predicted molar refractivity (Wildman–Crippen MR) is 70.9 cm³/mol. The zero-order valence-electron chi connectivity index (χ0n) is 11.0. The summed E-state index contributed by atoms with van der Waals surface area (Å²) < 4.78 is 1.97. The molecule has 2 rings (SSSR count). The van der Waals surface area contributed by atoms with Crippen molar-refractivity contribution in [3.8, 4) is 0 Å². The van der Waals surface area contributed by atoms with Crippen LogP contribution in [0.2, 0.25) is 5.15 Å². The van der Waals surface area contributed by atoms with Crippen molar-refractivity contribution in [2.75, 3.05) is 0 Å². The second kappa shape index (κ2) is 4.30. The van der Waals surface area contributed by atoms with Crippen molar-refractivity contribution >= 4 is 17.2 Å². The van der Waals surface area contributed by atoms with Crippen molar-refractivity contribution in [2.45, 2.75) is 46.5 Å². The fourth-order valence-electron chi connectivity index (χ4n) is 1.98. The van der Waals surface area contributed by atoms with Crippen LogP contribution in [0, 0.1) is 6.92 Å². The zero-order chi connectivity index (χ0) is 12.7. The first-order valence-electron chi connectivity index (χ1n) is 5.97. The molecule has 0 spiro atoms. The van der Waals surface area contributed by atoms with Crippen LogP contribution in [0.4, 0.5) is 0 Å². The van der Waals surface area contributed by atoms with Gasteiger partial charge in [0.2, 0.25) is 0 Å². The Hall–Kier alpha value is -1.09. The van der Waals surface area contributed by atoms with Gasteiger partial charge in [0.25, 0.3) is 0 Å². The van der Waals surface area contributed by atoms with Gasteiger partial charge in [0.1, 0.15) is 11.0 Å². The molecule has 0 radical (unpaired) electrons. The minimum atomic E-state index is 0.331. The summed E-state index contributed by atoms with van der Waals surface area (Å²) in [6, 6.07) is 1.88. The predicted octanol–water partition coefficient (Wildman–Crippen LogP) is 3.94. The Labute approximate surface area is 107 Å². The largest absolute Gasteiger partial charge is 0.270 e. The van der Waals surface area contributed by atoms with E-state index < -0.39 is 0 Å². The van der Waals surface area contributed by atoms with Gasteiger partial charge in [0, 0.05) is 11.6 Å². The molecule has 0 fully saturated rings. The SMILES string of the molecule is Cc1cc(Cl)n2c(C(C)C)nc(C(C)C)c2n1. The van der Waals surface area contributed by atoms with Gasteiger partial charge in [-0.05, 0) is 18.9 Å². The van der Waals surface area contributed by atoms with Crippen LogP contribution < -0.4 is 0 Å². The van der Waals surface area contributed by atoms with E-state index in [1.54, 1.807) is 0 Å². The molecule has 4 heteroatoms. The van der Waals surface area contributed by atoms with E-state index in [0.717, 1.165) is 22.9 Å². The van der Waals surface area contributed by atoms with Crippen LogP contribution in [-0.2, 0) is 0 Å². The van der Waals surface area contributed by atoms with E-state index in [9.17, 15) is 0 Å². The average Bonchev–Trinajstić information content (AvgIpc) is 2.56. The summed E-state index contributed by atoms with van der Waals surface area (Å²) in [7, 11) is 0. The molecular weight excluding hydrogens is 234 g/mol. The van der Waals surface area contributed by atoms with Gasteiger partial charge in [-0.1, -0.05) is 39.3 Å². The van der Waals surface area contributed by atoms with E-state index in [2.05, 4.69) is 32.7 Å². The monoisotopic (exact) mass is 251 g/mol. The van der Waals surface area contributed by atoms with Gasteiger partial charge >= 0.3 is 0 Å². The van der Waals surface area contributed by atoms with Gasteiger partial charge in [-0.15, -0.1) is 0 Å². The molecule has 0 aliphatic heterocycles. The lowest BCUT2D eigenvalue weighted by molar-refractivity contribution is 0.754. The van der Waals surface area contributed by atoms with Crippen molar-refractivity contribution in [3.05, 3.63) is 28.4 Å². The van der Waals surface area contributed by atoms with E-state index in [1.807, 2.05) is 17.4 Å². The van der Waals surface area contributed by atoms with Gasteiger partial charge in [-0.3, -0.25) is 4.40 Å². The number of aryl methyl sites for hydroxylation is 1. The molecule has 0 atom stereocenters. The summed E-state index contributed by atoms with van der Waals surface area (Å²) in [6.45, 7) is 10.5.